The molecular weight excluding hydrogens is 274 g/mol. The van der Waals surface area contributed by atoms with E-state index in [0.29, 0.717) is 5.22 Å². The molecule has 0 amide bonds. The van der Waals surface area contributed by atoms with E-state index in [4.69, 9.17) is 13.9 Å². The molecule has 3 rings (SSSR count). The molecule has 0 radical (unpaired) electrons. The van der Waals surface area contributed by atoms with E-state index in [-0.39, 0.29) is 0 Å². The minimum atomic E-state index is 0.592. The van der Waals surface area contributed by atoms with Crippen LogP contribution in [0.15, 0.2) is 57.0 Å². The van der Waals surface area contributed by atoms with E-state index in [9.17, 15) is 0 Å². The van der Waals surface area contributed by atoms with Crippen molar-refractivity contribution in [1.29, 1.82) is 0 Å². The molecule has 0 saturated heterocycles. The number of rotatable bonds is 4. The average molecular weight is 287 g/mol. The van der Waals surface area contributed by atoms with Gasteiger partial charge in [-0.15, -0.1) is 0 Å². The quantitative estimate of drug-likeness (QED) is 0.725. The smallest absolute Gasteiger partial charge is 0.261 e. The molecule has 0 saturated carbocycles. The van der Waals surface area contributed by atoms with E-state index in [1.54, 1.807) is 14.2 Å². The van der Waals surface area contributed by atoms with Gasteiger partial charge in [0.2, 0.25) is 0 Å². The van der Waals surface area contributed by atoms with Crippen LogP contribution >= 0.6 is 11.8 Å². The van der Waals surface area contributed by atoms with Crippen molar-refractivity contribution in [3.05, 3.63) is 42.5 Å². The number of para-hydroxylation sites is 2. The Balaban J connectivity index is 1.93. The molecule has 0 unspecified atom stereocenters. The summed E-state index contributed by atoms with van der Waals surface area (Å²) in [5.74, 6) is 1.49. The Kier molecular flexibility index (Phi) is 3.52. The summed E-state index contributed by atoms with van der Waals surface area (Å²) < 4.78 is 16.2. The number of methoxy groups -OCH3 is 2. The topological polar surface area (TPSA) is 44.5 Å². The number of fused-ring (bicyclic) bond motifs is 1. The largest absolute Gasteiger partial charge is 0.497 e. The molecule has 1 heterocycles. The Bertz CT molecular complexity index is 706. The molecule has 0 atom stereocenters. The molecule has 0 aliphatic carbocycles. The molecule has 20 heavy (non-hydrogen) atoms. The zero-order chi connectivity index (χ0) is 13.9. The second-order valence-electron chi connectivity index (χ2n) is 4.07. The second kappa shape index (κ2) is 5.46. The molecule has 0 aliphatic heterocycles. The van der Waals surface area contributed by atoms with Gasteiger partial charge in [-0.25, -0.2) is 4.98 Å². The highest BCUT2D eigenvalue weighted by molar-refractivity contribution is 7.99. The van der Waals surface area contributed by atoms with Crippen LogP contribution in [-0.2, 0) is 0 Å². The first-order chi connectivity index (χ1) is 9.80. The summed E-state index contributed by atoms with van der Waals surface area (Å²) in [4.78, 5) is 5.37. The van der Waals surface area contributed by atoms with Crippen LogP contribution in [0.2, 0.25) is 0 Å². The summed E-state index contributed by atoms with van der Waals surface area (Å²) in [6.07, 6.45) is 0. The van der Waals surface area contributed by atoms with Crippen LogP contribution in [0.5, 0.6) is 11.5 Å². The highest BCUT2D eigenvalue weighted by atomic mass is 32.2. The van der Waals surface area contributed by atoms with Crippen molar-refractivity contribution in [2.24, 2.45) is 0 Å². The third-order valence-electron chi connectivity index (χ3n) is 2.84. The Morgan fingerprint density at radius 2 is 1.90 bits per heavy atom. The zero-order valence-corrected chi connectivity index (χ0v) is 11.9. The molecule has 4 nitrogen and oxygen atoms in total. The lowest BCUT2D eigenvalue weighted by Gasteiger charge is -2.08. The maximum Gasteiger partial charge on any atom is 0.261 e. The van der Waals surface area contributed by atoms with Gasteiger partial charge in [-0.05, 0) is 36.0 Å². The van der Waals surface area contributed by atoms with Gasteiger partial charge in [0.25, 0.3) is 5.22 Å². The van der Waals surface area contributed by atoms with Crippen LogP contribution in [0.4, 0.5) is 0 Å². The fourth-order valence-corrected chi connectivity index (χ4v) is 2.69. The first-order valence-corrected chi connectivity index (χ1v) is 6.87. The Labute approximate surface area is 120 Å². The minimum Gasteiger partial charge on any atom is -0.497 e. The van der Waals surface area contributed by atoms with Crippen molar-refractivity contribution in [2.75, 3.05) is 14.2 Å². The van der Waals surface area contributed by atoms with E-state index in [2.05, 4.69) is 4.98 Å². The summed E-state index contributed by atoms with van der Waals surface area (Å²) in [7, 11) is 3.26. The summed E-state index contributed by atoms with van der Waals surface area (Å²) in [5, 5.41) is 0.592. The van der Waals surface area contributed by atoms with Crippen molar-refractivity contribution >= 4 is 22.9 Å². The van der Waals surface area contributed by atoms with Crippen LogP contribution < -0.4 is 9.47 Å². The number of oxazole rings is 1. The van der Waals surface area contributed by atoms with Crippen molar-refractivity contribution in [3.8, 4) is 11.5 Å². The number of aromatic nitrogens is 1. The van der Waals surface area contributed by atoms with Gasteiger partial charge in [0, 0.05) is 6.07 Å². The van der Waals surface area contributed by atoms with Gasteiger partial charge >= 0.3 is 0 Å². The molecule has 0 bridgehead atoms. The summed E-state index contributed by atoms with van der Waals surface area (Å²) in [6, 6.07) is 13.3. The van der Waals surface area contributed by atoms with E-state index < -0.39 is 0 Å². The summed E-state index contributed by atoms with van der Waals surface area (Å²) >= 11 is 1.43. The molecule has 5 heteroatoms. The lowest BCUT2D eigenvalue weighted by atomic mass is 10.3. The predicted molar refractivity (Wildman–Crippen MR) is 77.7 cm³/mol. The van der Waals surface area contributed by atoms with Crippen molar-refractivity contribution in [3.63, 3.8) is 0 Å². The molecule has 102 valence electrons. The zero-order valence-electron chi connectivity index (χ0n) is 11.1. The van der Waals surface area contributed by atoms with E-state index in [0.717, 1.165) is 27.5 Å². The number of benzene rings is 2. The van der Waals surface area contributed by atoms with E-state index in [1.807, 2.05) is 42.5 Å². The standard InChI is InChI=1S/C15H13NO3S/c1-17-10-7-8-14(13(9-10)18-2)20-15-16-11-5-3-4-6-12(11)19-15/h3-9H,1-2H3. The minimum absolute atomic E-state index is 0.592. The van der Waals surface area contributed by atoms with Gasteiger partial charge in [0.05, 0.1) is 19.1 Å². The number of hydrogen-bond donors (Lipinski definition) is 0. The maximum atomic E-state index is 5.69. The fourth-order valence-electron chi connectivity index (χ4n) is 1.85. The first-order valence-electron chi connectivity index (χ1n) is 6.05. The van der Waals surface area contributed by atoms with Gasteiger partial charge in [0.15, 0.2) is 5.58 Å². The van der Waals surface area contributed by atoms with Crippen LogP contribution in [-0.4, -0.2) is 19.2 Å². The summed E-state index contributed by atoms with van der Waals surface area (Å²) in [6.45, 7) is 0. The Morgan fingerprint density at radius 3 is 2.65 bits per heavy atom. The van der Waals surface area contributed by atoms with E-state index >= 15 is 0 Å². The lowest BCUT2D eigenvalue weighted by molar-refractivity contribution is 0.387. The molecule has 3 aromatic rings. The molecular formula is C15H13NO3S. The van der Waals surface area contributed by atoms with Crippen molar-refractivity contribution < 1.29 is 13.9 Å². The Hall–Kier alpha value is -2.14. The average Bonchev–Trinajstić information content (AvgIpc) is 2.90. The van der Waals surface area contributed by atoms with Crippen LogP contribution in [0.1, 0.15) is 0 Å². The molecule has 0 fully saturated rings. The van der Waals surface area contributed by atoms with Crippen LogP contribution in [0, 0.1) is 0 Å². The van der Waals surface area contributed by atoms with Crippen LogP contribution in [0.3, 0.4) is 0 Å². The van der Waals surface area contributed by atoms with Gasteiger partial charge < -0.3 is 13.9 Å². The van der Waals surface area contributed by atoms with E-state index in [1.165, 1.54) is 11.8 Å². The third-order valence-corrected chi connectivity index (χ3v) is 3.75. The predicted octanol–water partition coefficient (Wildman–Crippen LogP) is 4.00. The van der Waals surface area contributed by atoms with Crippen LogP contribution in [0.25, 0.3) is 11.1 Å². The number of ether oxygens (including phenoxy) is 2. The number of hydrogen-bond acceptors (Lipinski definition) is 5. The fraction of sp³-hybridized carbons (Fsp3) is 0.133. The Morgan fingerprint density at radius 1 is 1.05 bits per heavy atom. The SMILES string of the molecule is COc1ccc(Sc2nc3ccccc3o2)c(OC)c1. The third kappa shape index (κ3) is 2.44. The van der Waals surface area contributed by atoms with Gasteiger partial charge in [-0.2, -0.15) is 0 Å². The second-order valence-corrected chi connectivity index (χ2v) is 5.06. The van der Waals surface area contributed by atoms with Crippen molar-refractivity contribution in [1.82, 2.24) is 4.98 Å². The van der Waals surface area contributed by atoms with Crippen molar-refractivity contribution in [2.45, 2.75) is 10.1 Å². The highest BCUT2D eigenvalue weighted by Crippen LogP contribution is 2.37. The highest BCUT2D eigenvalue weighted by Gasteiger charge is 2.11. The lowest BCUT2D eigenvalue weighted by Crippen LogP contribution is -1.89. The number of nitrogens with zero attached hydrogens (tertiary/aromatic N) is 1. The molecule has 2 aromatic carbocycles. The van der Waals surface area contributed by atoms with Gasteiger partial charge in [-0.3, -0.25) is 0 Å². The first kappa shape index (κ1) is 12.9. The normalized spacial score (nSPS) is 10.7. The maximum absolute atomic E-state index is 5.69. The molecule has 0 aliphatic rings. The van der Waals surface area contributed by atoms with Gasteiger partial charge in [0.1, 0.15) is 17.0 Å². The van der Waals surface area contributed by atoms with Gasteiger partial charge in [-0.1, -0.05) is 12.1 Å². The molecule has 0 spiro atoms. The molecule has 1 aromatic heterocycles. The monoisotopic (exact) mass is 287 g/mol. The summed E-state index contributed by atoms with van der Waals surface area (Å²) in [5.41, 5.74) is 1.63. The molecule has 0 N–H and O–H groups in total.